The largest absolute Gasteiger partial charge is 0.495 e. The fourth-order valence-corrected chi connectivity index (χ4v) is 4.70. The van der Waals surface area contributed by atoms with Gasteiger partial charge in [0.2, 0.25) is 0 Å². The van der Waals surface area contributed by atoms with Gasteiger partial charge in [0, 0.05) is 36.2 Å². The average Bonchev–Trinajstić information content (AvgIpc) is 2.47. The Morgan fingerprint density at radius 2 is 1.95 bits per heavy atom. The van der Waals surface area contributed by atoms with E-state index in [-0.39, 0.29) is 0 Å². The molecule has 0 bridgehead atoms. The fourth-order valence-electron chi connectivity index (χ4n) is 3.29. The van der Waals surface area contributed by atoms with Gasteiger partial charge in [-0.1, -0.05) is 6.42 Å². The lowest BCUT2D eigenvalue weighted by Gasteiger charge is -2.45. The van der Waals surface area contributed by atoms with Crippen LogP contribution in [0.3, 0.4) is 0 Å². The van der Waals surface area contributed by atoms with Gasteiger partial charge in [-0.25, -0.2) is 0 Å². The number of fused-ring (bicyclic) bond motifs is 1. The number of methoxy groups -OCH3 is 1. The number of ether oxygens (including phenoxy) is 1. The summed E-state index contributed by atoms with van der Waals surface area (Å²) in [4.78, 5) is 5.15. The lowest BCUT2D eigenvalue weighted by Crippen LogP contribution is -2.55. The minimum absolute atomic E-state index is 0.721. The van der Waals surface area contributed by atoms with E-state index in [1.165, 1.54) is 38.0 Å². The first-order valence-corrected chi connectivity index (χ1v) is 8.79. The highest BCUT2D eigenvalue weighted by atomic mass is 79.9. The number of benzene rings is 1. The van der Waals surface area contributed by atoms with Gasteiger partial charge in [-0.05, 0) is 57.3 Å². The maximum absolute atomic E-state index is 5.43. The summed E-state index contributed by atoms with van der Waals surface area (Å²) >= 11 is 7.23. The van der Waals surface area contributed by atoms with Crippen molar-refractivity contribution in [3.05, 3.63) is 21.1 Å². The summed E-state index contributed by atoms with van der Waals surface area (Å²) in [5.74, 6) is 0.897. The lowest BCUT2D eigenvalue weighted by molar-refractivity contribution is 0.133. The van der Waals surface area contributed by atoms with E-state index in [0.29, 0.717) is 0 Å². The standard InChI is InChI=1S/C15H20Br2N2O/c1-20-15-9-14(12(16)8-13(15)17)19-7-6-18-5-3-2-4-11(18)10-19/h8-9,11H,2-7,10H2,1H3. The van der Waals surface area contributed by atoms with Crippen molar-refractivity contribution < 1.29 is 4.74 Å². The monoisotopic (exact) mass is 402 g/mol. The smallest absolute Gasteiger partial charge is 0.135 e. The van der Waals surface area contributed by atoms with E-state index in [0.717, 1.165) is 33.8 Å². The first kappa shape index (κ1) is 14.7. The highest BCUT2D eigenvalue weighted by Crippen LogP contribution is 2.37. The number of halogens is 2. The zero-order chi connectivity index (χ0) is 14.1. The topological polar surface area (TPSA) is 15.7 Å². The first-order chi connectivity index (χ1) is 9.69. The Morgan fingerprint density at radius 1 is 1.10 bits per heavy atom. The zero-order valence-corrected chi connectivity index (χ0v) is 14.9. The molecule has 0 amide bonds. The molecule has 1 atom stereocenters. The molecule has 3 rings (SSSR count). The second kappa shape index (κ2) is 6.24. The SMILES string of the molecule is COc1cc(N2CCN3CCCCC3C2)c(Br)cc1Br. The molecule has 2 heterocycles. The minimum atomic E-state index is 0.721. The molecule has 0 aliphatic carbocycles. The number of rotatable bonds is 2. The highest BCUT2D eigenvalue weighted by Gasteiger charge is 2.29. The molecule has 1 aromatic rings. The fraction of sp³-hybridized carbons (Fsp3) is 0.600. The Labute approximate surface area is 137 Å². The molecule has 2 fully saturated rings. The lowest BCUT2D eigenvalue weighted by atomic mass is 9.99. The summed E-state index contributed by atoms with van der Waals surface area (Å²) < 4.78 is 7.56. The molecule has 0 aromatic heterocycles. The van der Waals surface area contributed by atoms with E-state index in [1.54, 1.807) is 7.11 Å². The molecule has 2 aliphatic rings. The van der Waals surface area contributed by atoms with Crippen molar-refractivity contribution in [1.82, 2.24) is 4.90 Å². The second-order valence-corrected chi connectivity index (χ2v) is 7.28. The molecular weight excluding hydrogens is 384 g/mol. The maximum Gasteiger partial charge on any atom is 0.135 e. The van der Waals surface area contributed by atoms with Crippen molar-refractivity contribution in [2.75, 3.05) is 38.2 Å². The van der Waals surface area contributed by atoms with Crippen LogP contribution in [0.5, 0.6) is 5.75 Å². The van der Waals surface area contributed by atoms with Gasteiger partial charge in [0.05, 0.1) is 17.3 Å². The third-order valence-corrected chi connectivity index (χ3v) is 5.65. The van der Waals surface area contributed by atoms with E-state index in [9.17, 15) is 0 Å². The van der Waals surface area contributed by atoms with Crippen molar-refractivity contribution in [2.24, 2.45) is 0 Å². The van der Waals surface area contributed by atoms with Crippen molar-refractivity contribution in [3.63, 3.8) is 0 Å². The van der Waals surface area contributed by atoms with Crippen LogP contribution in [0.25, 0.3) is 0 Å². The third kappa shape index (κ3) is 2.85. The Morgan fingerprint density at radius 3 is 2.75 bits per heavy atom. The first-order valence-electron chi connectivity index (χ1n) is 7.21. The van der Waals surface area contributed by atoms with E-state index in [4.69, 9.17) is 4.74 Å². The van der Waals surface area contributed by atoms with Gasteiger partial charge in [-0.15, -0.1) is 0 Å². The van der Waals surface area contributed by atoms with Crippen LogP contribution >= 0.6 is 31.9 Å². The van der Waals surface area contributed by atoms with Crippen molar-refractivity contribution in [1.29, 1.82) is 0 Å². The van der Waals surface area contributed by atoms with Gasteiger partial charge < -0.3 is 9.64 Å². The maximum atomic E-state index is 5.43. The number of anilines is 1. The molecule has 20 heavy (non-hydrogen) atoms. The molecule has 2 saturated heterocycles. The molecular formula is C15H20Br2N2O. The van der Waals surface area contributed by atoms with E-state index >= 15 is 0 Å². The van der Waals surface area contributed by atoms with Crippen molar-refractivity contribution in [2.45, 2.75) is 25.3 Å². The molecule has 1 unspecified atom stereocenters. The van der Waals surface area contributed by atoms with E-state index < -0.39 is 0 Å². The Kier molecular flexibility index (Phi) is 4.58. The third-order valence-electron chi connectivity index (χ3n) is 4.40. The summed E-state index contributed by atoms with van der Waals surface area (Å²) in [5.41, 5.74) is 1.25. The Hall–Kier alpha value is -0.260. The van der Waals surface area contributed by atoms with Gasteiger partial charge in [0.25, 0.3) is 0 Å². The number of piperidine rings is 1. The number of nitrogens with zero attached hydrogens (tertiary/aromatic N) is 2. The van der Waals surface area contributed by atoms with Crippen LogP contribution in [0.4, 0.5) is 5.69 Å². The molecule has 110 valence electrons. The quantitative estimate of drug-likeness (QED) is 0.744. The molecule has 5 heteroatoms. The summed E-state index contributed by atoms with van der Waals surface area (Å²) in [7, 11) is 1.72. The average molecular weight is 404 g/mol. The minimum Gasteiger partial charge on any atom is -0.495 e. The van der Waals surface area contributed by atoms with Crippen LogP contribution in [-0.4, -0.2) is 44.2 Å². The van der Waals surface area contributed by atoms with Crippen LogP contribution in [0.15, 0.2) is 21.1 Å². The van der Waals surface area contributed by atoms with Crippen molar-refractivity contribution in [3.8, 4) is 5.75 Å². The number of hydrogen-bond donors (Lipinski definition) is 0. The molecule has 2 aliphatic heterocycles. The predicted octanol–water partition coefficient (Wildman–Crippen LogP) is 3.89. The van der Waals surface area contributed by atoms with Gasteiger partial charge in [-0.3, -0.25) is 4.90 Å². The molecule has 3 nitrogen and oxygen atoms in total. The van der Waals surface area contributed by atoms with Gasteiger partial charge in [0.15, 0.2) is 0 Å². The van der Waals surface area contributed by atoms with Crippen LogP contribution in [0, 0.1) is 0 Å². The molecule has 0 saturated carbocycles. The summed E-state index contributed by atoms with van der Waals surface area (Å²) in [6, 6.07) is 4.94. The zero-order valence-electron chi connectivity index (χ0n) is 11.7. The van der Waals surface area contributed by atoms with E-state index in [2.05, 4.69) is 53.8 Å². The summed E-state index contributed by atoms with van der Waals surface area (Å²) in [6.07, 6.45) is 4.08. The number of piperazine rings is 1. The molecule has 1 aromatic carbocycles. The number of hydrogen-bond acceptors (Lipinski definition) is 3. The van der Waals surface area contributed by atoms with Crippen LogP contribution in [0.2, 0.25) is 0 Å². The predicted molar refractivity (Wildman–Crippen MR) is 89.8 cm³/mol. The molecule has 0 N–H and O–H groups in total. The Balaban J connectivity index is 1.82. The highest BCUT2D eigenvalue weighted by molar-refractivity contribution is 9.11. The van der Waals surface area contributed by atoms with Crippen LogP contribution in [0.1, 0.15) is 19.3 Å². The Bertz CT molecular complexity index is 495. The molecule has 0 spiro atoms. The molecule has 0 radical (unpaired) electrons. The van der Waals surface area contributed by atoms with Crippen LogP contribution in [-0.2, 0) is 0 Å². The van der Waals surface area contributed by atoms with Gasteiger partial charge in [-0.2, -0.15) is 0 Å². The van der Waals surface area contributed by atoms with Crippen LogP contribution < -0.4 is 9.64 Å². The summed E-state index contributed by atoms with van der Waals surface area (Å²) in [6.45, 7) is 4.68. The van der Waals surface area contributed by atoms with Crippen molar-refractivity contribution >= 4 is 37.5 Å². The van der Waals surface area contributed by atoms with Gasteiger partial charge in [0.1, 0.15) is 5.75 Å². The van der Waals surface area contributed by atoms with E-state index in [1.807, 2.05) is 0 Å². The second-order valence-electron chi connectivity index (χ2n) is 5.57. The van der Waals surface area contributed by atoms with Gasteiger partial charge >= 0.3 is 0 Å². The summed E-state index contributed by atoms with van der Waals surface area (Å²) in [5, 5.41) is 0. The normalized spacial score (nSPS) is 23.6.